The van der Waals surface area contributed by atoms with Crippen LogP contribution in [-0.4, -0.2) is 19.9 Å². The molecule has 3 fully saturated rings. The van der Waals surface area contributed by atoms with Crippen molar-refractivity contribution in [1.82, 2.24) is 0 Å². The van der Waals surface area contributed by atoms with Crippen molar-refractivity contribution in [2.75, 3.05) is 6.26 Å². The van der Waals surface area contributed by atoms with Crippen LogP contribution in [0.2, 0.25) is 0 Å². The zero-order chi connectivity index (χ0) is 16.7. The van der Waals surface area contributed by atoms with Crippen molar-refractivity contribution in [2.24, 2.45) is 29.1 Å². The molecule has 0 spiro atoms. The minimum absolute atomic E-state index is 0.0544. The molecular weight excluding hydrogens is 304 g/mol. The van der Waals surface area contributed by atoms with Gasteiger partial charge in [-0.05, 0) is 67.6 Å². The molecule has 3 aliphatic carbocycles. The Morgan fingerprint density at radius 2 is 1.22 bits per heavy atom. The molecule has 0 amide bonds. The van der Waals surface area contributed by atoms with Gasteiger partial charge in [-0.2, -0.15) is 0 Å². The Morgan fingerprint density at radius 1 is 0.739 bits per heavy atom. The van der Waals surface area contributed by atoms with E-state index in [0.717, 1.165) is 49.4 Å². The van der Waals surface area contributed by atoms with Gasteiger partial charge in [0.2, 0.25) is 0 Å². The van der Waals surface area contributed by atoms with Gasteiger partial charge in [-0.1, -0.05) is 46.0 Å². The van der Waals surface area contributed by atoms with E-state index in [1.165, 1.54) is 51.2 Å². The van der Waals surface area contributed by atoms with E-state index < -0.39 is 9.84 Å². The molecule has 2 atom stereocenters. The number of rotatable bonds is 3. The Kier molecular flexibility index (Phi) is 5.17. The Balaban J connectivity index is 1.67. The molecule has 0 aromatic carbocycles. The van der Waals surface area contributed by atoms with E-state index in [2.05, 4.69) is 13.8 Å². The molecule has 3 rings (SSSR count). The fraction of sp³-hybridized carbons (Fsp3) is 1.00. The summed E-state index contributed by atoms with van der Waals surface area (Å²) in [5.41, 5.74) is 0.500. The van der Waals surface area contributed by atoms with E-state index in [9.17, 15) is 8.42 Å². The smallest absolute Gasteiger partial charge is 0.150 e. The molecule has 0 saturated heterocycles. The van der Waals surface area contributed by atoms with Gasteiger partial charge < -0.3 is 0 Å². The lowest BCUT2D eigenvalue weighted by atomic mass is 9.68. The Hall–Kier alpha value is -0.0500. The topological polar surface area (TPSA) is 34.1 Å². The van der Waals surface area contributed by atoms with Gasteiger partial charge >= 0.3 is 0 Å². The van der Waals surface area contributed by atoms with E-state index in [0.29, 0.717) is 5.41 Å². The SMILES string of the molecule is CC1(C)CC(C2CCCCC2)C(C2CCC(S(C)(=O)=O)CC2)C1. The lowest BCUT2D eigenvalue weighted by Crippen LogP contribution is -2.32. The van der Waals surface area contributed by atoms with E-state index in [-0.39, 0.29) is 5.25 Å². The van der Waals surface area contributed by atoms with Crippen LogP contribution in [0.5, 0.6) is 0 Å². The van der Waals surface area contributed by atoms with Crippen molar-refractivity contribution in [2.45, 2.75) is 89.7 Å². The van der Waals surface area contributed by atoms with E-state index >= 15 is 0 Å². The Bertz CT molecular complexity index is 494. The molecule has 2 unspecified atom stereocenters. The van der Waals surface area contributed by atoms with Crippen LogP contribution in [0.15, 0.2) is 0 Å². The van der Waals surface area contributed by atoms with Crippen LogP contribution in [0.25, 0.3) is 0 Å². The summed E-state index contributed by atoms with van der Waals surface area (Å²) >= 11 is 0. The van der Waals surface area contributed by atoms with Crippen LogP contribution in [-0.2, 0) is 9.84 Å². The third-order valence-electron chi connectivity index (χ3n) is 7.31. The Labute approximate surface area is 143 Å². The van der Waals surface area contributed by atoms with E-state index in [1.807, 2.05) is 0 Å². The second-order valence-corrected chi connectivity index (χ2v) is 12.0. The van der Waals surface area contributed by atoms with Crippen LogP contribution >= 0.6 is 0 Å². The highest BCUT2D eigenvalue weighted by molar-refractivity contribution is 7.91. The van der Waals surface area contributed by atoms with Crippen molar-refractivity contribution >= 4 is 9.84 Å². The van der Waals surface area contributed by atoms with Gasteiger partial charge in [0.25, 0.3) is 0 Å². The predicted molar refractivity (Wildman–Crippen MR) is 97.2 cm³/mol. The molecular formula is C20H36O2S. The summed E-state index contributed by atoms with van der Waals surface area (Å²) in [6.07, 6.45) is 15.6. The van der Waals surface area contributed by atoms with Gasteiger partial charge in [0, 0.05) is 6.26 Å². The first-order valence-electron chi connectivity index (χ1n) is 9.95. The van der Waals surface area contributed by atoms with Gasteiger partial charge in [0.05, 0.1) is 5.25 Å². The molecule has 3 heteroatoms. The second kappa shape index (κ2) is 6.69. The summed E-state index contributed by atoms with van der Waals surface area (Å²) in [4.78, 5) is 0. The lowest BCUT2D eigenvalue weighted by Gasteiger charge is -2.38. The third kappa shape index (κ3) is 4.14. The molecule has 0 radical (unpaired) electrons. The first-order chi connectivity index (χ1) is 10.8. The highest BCUT2D eigenvalue weighted by Gasteiger charge is 2.46. The third-order valence-corrected chi connectivity index (χ3v) is 8.99. The van der Waals surface area contributed by atoms with Crippen LogP contribution < -0.4 is 0 Å². The van der Waals surface area contributed by atoms with Crippen molar-refractivity contribution in [3.63, 3.8) is 0 Å². The summed E-state index contributed by atoms with van der Waals surface area (Å²) in [6.45, 7) is 4.93. The molecule has 0 aromatic heterocycles. The first kappa shape index (κ1) is 17.8. The van der Waals surface area contributed by atoms with E-state index in [4.69, 9.17) is 0 Å². The fourth-order valence-corrected chi connectivity index (χ4v) is 7.33. The fourth-order valence-electron chi connectivity index (χ4n) is 6.20. The van der Waals surface area contributed by atoms with Crippen LogP contribution in [0.4, 0.5) is 0 Å². The maximum Gasteiger partial charge on any atom is 0.150 e. The molecule has 2 nitrogen and oxygen atoms in total. The van der Waals surface area contributed by atoms with Crippen LogP contribution in [0.1, 0.15) is 84.5 Å². The molecule has 23 heavy (non-hydrogen) atoms. The summed E-state index contributed by atoms with van der Waals surface area (Å²) in [5, 5.41) is -0.0544. The highest BCUT2D eigenvalue weighted by atomic mass is 32.2. The van der Waals surface area contributed by atoms with E-state index in [1.54, 1.807) is 0 Å². The minimum atomic E-state index is -2.83. The number of hydrogen-bond acceptors (Lipinski definition) is 2. The highest BCUT2D eigenvalue weighted by Crippen LogP contribution is 2.55. The maximum atomic E-state index is 11.8. The number of sulfone groups is 1. The molecule has 0 N–H and O–H groups in total. The molecule has 0 aliphatic heterocycles. The zero-order valence-corrected chi connectivity index (χ0v) is 16.2. The van der Waals surface area contributed by atoms with Crippen molar-refractivity contribution < 1.29 is 8.42 Å². The average molecular weight is 341 g/mol. The first-order valence-corrected chi connectivity index (χ1v) is 11.9. The lowest BCUT2D eigenvalue weighted by molar-refractivity contribution is 0.133. The average Bonchev–Trinajstić information content (AvgIpc) is 2.83. The monoisotopic (exact) mass is 340 g/mol. The van der Waals surface area contributed by atoms with Crippen LogP contribution in [0, 0.1) is 29.1 Å². The summed E-state index contributed by atoms with van der Waals surface area (Å²) in [7, 11) is -2.83. The normalized spacial score (nSPS) is 39.4. The van der Waals surface area contributed by atoms with Gasteiger partial charge in [-0.15, -0.1) is 0 Å². The predicted octanol–water partition coefficient (Wildman–Crippen LogP) is 5.22. The molecule has 3 saturated carbocycles. The van der Waals surface area contributed by atoms with Gasteiger partial charge in [0.1, 0.15) is 9.84 Å². The van der Waals surface area contributed by atoms with Crippen LogP contribution in [0.3, 0.4) is 0 Å². The summed E-state index contributed by atoms with van der Waals surface area (Å²) < 4.78 is 23.7. The van der Waals surface area contributed by atoms with Gasteiger partial charge in [0.15, 0.2) is 0 Å². The van der Waals surface area contributed by atoms with Crippen molar-refractivity contribution in [3.8, 4) is 0 Å². The van der Waals surface area contributed by atoms with Gasteiger partial charge in [-0.3, -0.25) is 0 Å². The summed E-state index contributed by atoms with van der Waals surface area (Å²) in [6, 6.07) is 0. The summed E-state index contributed by atoms with van der Waals surface area (Å²) in [5.74, 6) is 3.54. The van der Waals surface area contributed by atoms with Crippen molar-refractivity contribution in [1.29, 1.82) is 0 Å². The molecule has 0 bridgehead atoms. The standard InChI is InChI=1S/C20H36O2S/c1-20(2)13-18(15-7-5-4-6-8-15)19(14-20)16-9-11-17(12-10-16)23(3,21)22/h15-19H,4-14H2,1-3H3. The Morgan fingerprint density at radius 3 is 1.70 bits per heavy atom. The van der Waals surface area contributed by atoms with Gasteiger partial charge in [-0.25, -0.2) is 8.42 Å². The quantitative estimate of drug-likeness (QED) is 0.705. The van der Waals surface area contributed by atoms with Crippen molar-refractivity contribution in [3.05, 3.63) is 0 Å². The maximum absolute atomic E-state index is 11.8. The second-order valence-electron chi connectivity index (χ2n) is 9.66. The minimum Gasteiger partial charge on any atom is -0.229 e. The molecule has 3 aliphatic rings. The molecule has 0 heterocycles. The zero-order valence-electron chi connectivity index (χ0n) is 15.4. The number of hydrogen-bond donors (Lipinski definition) is 0. The molecule has 0 aromatic rings. The molecule has 134 valence electrons. The largest absolute Gasteiger partial charge is 0.229 e.